The fraction of sp³-hybridized carbons (Fsp3) is 0.389. The average Bonchev–Trinajstić information content (AvgIpc) is 2.55. The van der Waals surface area contributed by atoms with Crippen molar-refractivity contribution in [2.75, 3.05) is 13.2 Å². The lowest BCUT2D eigenvalue weighted by atomic mass is 9.98. The van der Waals surface area contributed by atoms with E-state index in [0.717, 1.165) is 31.7 Å². The Labute approximate surface area is 127 Å². The molecule has 0 fully saturated rings. The van der Waals surface area contributed by atoms with E-state index in [2.05, 4.69) is 48.4 Å². The van der Waals surface area contributed by atoms with Crippen LogP contribution in [0.5, 0.6) is 5.75 Å². The van der Waals surface area contributed by atoms with Crippen LogP contribution in [0.15, 0.2) is 48.8 Å². The Morgan fingerprint density at radius 3 is 2.52 bits per heavy atom. The maximum absolute atomic E-state index is 5.91. The zero-order valence-electron chi connectivity index (χ0n) is 12.9. The largest absolute Gasteiger partial charge is 0.493 e. The summed E-state index contributed by atoms with van der Waals surface area (Å²) < 4.78 is 5.91. The molecule has 1 N–H and O–H groups in total. The molecule has 0 aliphatic carbocycles. The molecule has 3 heteroatoms. The molecule has 0 radical (unpaired) electrons. The van der Waals surface area contributed by atoms with E-state index < -0.39 is 0 Å². The average molecular weight is 284 g/mol. The van der Waals surface area contributed by atoms with Crippen molar-refractivity contribution in [2.24, 2.45) is 0 Å². The van der Waals surface area contributed by atoms with E-state index >= 15 is 0 Å². The molecule has 0 aliphatic heterocycles. The van der Waals surface area contributed by atoms with E-state index in [1.807, 2.05) is 24.5 Å². The van der Waals surface area contributed by atoms with Crippen LogP contribution < -0.4 is 10.1 Å². The van der Waals surface area contributed by atoms with E-state index in [9.17, 15) is 0 Å². The minimum Gasteiger partial charge on any atom is -0.493 e. The normalized spacial score (nSPS) is 12.1. The molecule has 1 atom stereocenters. The third-order valence-electron chi connectivity index (χ3n) is 3.33. The maximum Gasteiger partial charge on any atom is 0.124 e. The summed E-state index contributed by atoms with van der Waals surface area (Å²) in [5.41, 5.74) is 2.40. The zero-order chi connectivity index (χ0) is 14.9. The van der Waals surface area contributed by atoms with Gasteiger partial charge in [0, 0.05) is 18.0 Å². The van der Waals surface area contributed by atoms with Gasteiger partial charge in [0.2, 0.25) is 0 Å². The van der Waals surface area contributed by atoms with Crippen molar-refractivity contribution in [3.63, 3.8) is 0 Å². The molecule has 0 saturated heterocycles. The SMILES string of the molecule is CCCNC(c1ccncc1)c1ccccc1OCCC. The second-order valence-corrected chi connectivity index (χ2v) is 5.05. The Balaban J connectivity index is 2.32. The van der Waals surface area contributed by atoms with Crippen molar-refractivity contribution in [3.05, 3.63) is 59.9 Å². The maximum atomic E-state index is 5.91. The number of rotatable bonds is 8. The lowest BCUT2D eigenvalue weighted by molar-refractivity contribution is 0.311. The molecule has 2 aromatic rings. The number of hydrogen-bond acceptors (Lipinski definition) is 3. The lowest BCUT2D eigenvalue weighted by Crippen LogP contribution is -2.23. The number of nitrogens with one attached hydrogen (secondary N) is 1. The molecule has 2 rings (SSSR count). The van der Waals surface area contributed by atoms with Crippen molar-refractivity contribution < 1.29 is 4.74 Å². The molecule has 0 saturated carbocycles. The molecule has 0 spiro atoms. The van der Waals surface area contributed by atoms with Gasteiger partial charge in [-0.15, -0.1) is 0 Å². The first-order valence-electron chi connectivity index (χ1n) is 7.71. The first kappa shape index (κ1) is 15.5. The van der Waals surface area contributed by atoms with Gasteiger partial charge in [0.1, 0.15) is 5.75 Å². The van der Waals surface area contributed by atoms with E-state index in [4.69, 9.17) is 4.74 Å². The van der Waals surface area contributed by atoms with Crippen molar-refractivity contribution in [2.45, 2.75) is 32.7 Å². The van der Waals surface area contributed by atoms with Gasteiger partial charge < -0.3 is 10.1 Å². The van der Waals surface area contributed by atoms with Crippen LogP contribution in [0, 0.1) is 0 Å². The van der Waals surface area contributed by atoms with Gasteiger partial charge in [-0.25, -0.2) is 0 Å². The van der Waals surface area contributed by atoms with Gasteiger partial charge in [-0.3, -0.25) is 4.98 Å². The molecule has 0 aliphatic rings. The predicted octanol–water partition coefficient (Wildman–Crippen LogP) is 3.96. The highest BCUT2D eigenvalue weighted by molar-refractivity contribution is 5.41. The standard InChI is InChI=1S/C18H24N2O/c1-3-11-20-18(15-9-12-19-13-10-15)16-7-5-6-8-17(16)21-14-4-2/h5-10,12-13,18,20H,3-4,11,14H2,1-2H3. The lowest BCUT2D eigenvalue weighted by Gasteiger charge is -2.22. The Morgan fingerprint density at radius 2 is 1.81 bits per heavy atom. The first-order chi connectivity index (χ1) is 10.4. The number of nitrogens with zero attached hydrogens (tertiary/aromatic N) is 1. The molecule has 3 nitrogen and oxygen atoms in total. The van der Waals surface area contributed by atoms with Crippen LogP contribution in [0.1, 0.15) is 43.9 Å². The highest BCUT2D eigenvalue weighted by atomic mass is 16.5. The molecule has 112 valence electrons. The van der Waals surface area contributed by atoms with Crippen molar-refractivity contribution in [3.8, 4) is 5.75 Å². The molecule has 0 amide bonds. The van der Waals surface area contributed by atoms with Crippen molar-refractivity contribution in [1.82, 2.24) is 10.3 Å². The number of ether oxygens (including phenoxy) is 1. The van der Waals surface area contributed by atoms with Crippen LogP contribution in [-0.4, -0.2) is 18.1 Å². The summed E-state index contributed by atoms with van der Waals surface area (Å²) in [6, 6.07) is 12.5. The van der Waals surface area contributed by atoms with Gasteiger partial charge in [0.25, 0.3) is 0 Å². The van der Waals surface area contributed by atoms with Crippen LogP contribution in [0.2, 0.25) is 0 Å². The fourth-order valence-electron chi connectivity index (χ4n) is 2.31. The predicted molar refractivity (Wildman–Crippen MR) is 86.6 cm³/mol. The molecular formula is C18H24N2O. The zero-order valence-corrected chi connectivity index (χ0v) is 12.9. The molecule has 1 aromatic heterocycles. The van der Waals surface area contributed by atoms with Crippen molar-refractivity contribution >= 4 is 0 Å². The number of aromatic nitrogens is 1. The van der Waals surface area contributed by atoms with Crippen LogP contribution in [-0.2, 0) is 0 Å². The van der Waals surface area contributed by atoms with E-state index in [0.29, 0.717) is 0 Å². The topological polar surface area (TPSA) is 34.2 Å². The summed E-state index contributed by atoms with van der Waals surface area (Å²) >= 11 is 0. The second kappa shape index (κ2) is 8.42. The van der Waals surface area contributed by atoms with E-state index in [-0.39, 0.29) is 6.04 Å². The van der Waals surface area contributed by atoms with Gasteiger partial charge in [0.15, 0.2) is 0 Å². The van der Waals surface area contributed by atoms with Crippen LogP contribution >= 0.6 is 0 Å². The van der Waals surface area contributed by atoms with Gasteiger partial charge >= 0.3 is 0 Å². The minimum absolute atomic E-state index is 0.140. The highest BCUT2D eigenvalue weighted by Crippen LogP contribution is 2.29. The summed E-state index contributed by atoms with van der Waals surface area (Å²) in [5.74, 6) is 0.963. The fourth-order valence-corrected chi connectivity index (χ4v) is 2.31. The highest BCUT2D eigenvalue weighted by Gasteiger charge is 2.17. The Morgan fingerprint density at radius 1 is 1.05 bits per heavy atom. The number of hydrogen-bond donors (Lipinski definition) is 1. The van der Waals surface area contributed by atoms with Gasteiger partial charge in [-0.05, 0) is 43.1 Å². The summed E-state index contributed by atoms with van der Waals surface area (Å²) in [7, 11) is 0. The van der Waals surface area contributed by atoms with Crippen LogP contribution in [0.3, 0.4) is 0 Å². The van der Waals surface area contributed by atoms with E-state index in [1.54, 1.807) is 0 Å². The minimum atomic E-state index is 0.140. The summed E-state index contributed by atoms with van der Waals surface area (Å²) in [4.78, 5) is 4.11. The smallest absolute Gasteiger partial charge is 0.124 e. The van der Waals surface area contributed by atoms with Gasteiger partial charge in [0.05, 0.1) is 12.6 Å². The number of para-hydroxylation sites is 1. The van der Waals surface area contributed by atoms with Crippen LogP contribution in [0.25, 0.3) is 0 Å². The molecule has 21 heavy (non-hydrogen) atoms. The molecule has 1 unspecified atom stereocenters. The Hall–Kier alpha value is -1.87. The second-order valence-electron chi connectivity index (χ2n) is 5.05. The van der Waals surface area contributed by atoms with Gasteiger partial charge in [-0.1, -0.05) is 32.0 Å². The molecule has 1 aromatic carbocycles. The Kier molecular flexibility index (Phi) is 6.22. The number of benzene rings is 1. The third kappa shape index (κ3) is 4.30. The van der Waals surface area contributed by atoms with E-state index in [1.165, 1.54) is 11.1 Å². The summed E-state index contributed by atoms with van der Waals surface area (Å²) in [6.45, 7) is 6.01. The van der Waals surface area contributed by atoms with Gasteiger partial charge in [-0.2, -0.15) is 0 Å². The Bertz CT molecular complexity index is 528. The molecular weight excluding hydrogens is 260 g/mol. The molecule has 1 heterocycles. The third-order valence-corrected chi connectivity index (χ3v) is 3.33. The first-order valence-corrected chi connectivity index (χ1v) is 7.71. The quantitative estimate of drug-likeness (QED) is 0.796. The van der Waals surface area contributed by atoms with Crippen molar-refractivity contribution in [1.29, 1.82) is 0 Å². The summed E-state index contributed by atoms with van der Waals surface area (Å²) in [6.07, 6.45) is 5.78. The summed E-state index contributed by atoms with van der Waals surface area (Å²) in [5, 5.41) is 3.61. The monoisotopic (exact) mass is 284 g/mol. The van der Waals surface area contributed by atoms with Crippen LogP contribution in [0.4, 0.5) is 0 Å². The number of pyridine rings is 1. The molecule has 0 bridgehead atoms.